The van der Waals surface area contributed by atoms with Crippen molar-refractivity contribution < 1.29 is 9.90 Å². The third-order valence-corrected chi connectivity index (χ3v) is 3.52. The topological polar surface area (TPSA) is 68.0 Å². The Balaban J connectivity index is 1.80. The Morgan fingerprint density at radius 2 is 2.11 bits per heavy atom. The zero-order valence-corrected chi connectivity index (χ0v) is 11.4. The fraction of sp³-hybridized carbons (Fsp3) is 0.308. The molecule has 100 valence electrons. The summed E-state index contributed by atoms with van der Waals surface area (Å²) in [6.45, 7) is 2.78. The van der Waals surface area contributed by atoms with Gasteiger partial charge >= 0.3 is 5.97 Å². The molecule has 0 aliphatic rings. The molecule has 2 aromatic rings. The van der Waals surface area contributed by atoms with Crippen molar-refractivity contribution in [1.82, 2.24) is 15.0 Å². The molecule has 0 aliphatic heterocycles. The fourth-order valence-corrected chi connectivity index (χ4v) is 2.42. The lowest BCUT2D eigenvalue weighted by Gasteiger charge is -2.02. The predicted octanol–water partition coefficient (Wildman–Crippen LogP) is 2.01. The van der Waals surface area contributed by atoms with Gasteiger partial charge in [0.05, 0.1) is 18.7 Å². The number of carboxylic acids is 1. The van der Waals surface area contributed by atoms with Crippen LogP contribution in [0.25, 0.3) is 0 Å². The zero-order chi connectivity index (χ0) is 13.7. The van der Waals surface area contributed by atoms with Crippen molar-refractivity contribution in [3.05, 3.63) is 41.7 Å². The van der Waals surface area contributed by atoms with Crippen molar-refractivity contribution in [1.29, 1.82) is 0 Å². The number of aromatic nitrogens is 3. The second kappa shape index (κ2) is 6.38. The van der Waals surface area contributed by atoms with Crippen molar-refractivity contribution in [2.75, 3.05) is 5.75 Å². The van der Waals surface area contributed by atoms with E-state index in [0.29, 0.717) is 12.2 Å². The average Bonchev–Trinajstić information content (AvgIpc) is 2.78. The quantitative estimate of drug-likeness (QED) is 0.818. The summed E-state index contributed by atoms with van der Waals surface area (Å²) >= 11 is 1.74. The van der Waals surface area contributed by atoms with Gasteiger partial charge in [0, 0.05) is 16.8 Å². The van der Waals surface area contributed by atoms with E-state index >= 15 is 0 Å². The number of carbonyl (C=O) groups is 1. The molecular weight excluding hydrogens is 262 g/mol. The number of hydrogen-bond donors (Lipinski definition) is 1. The van der Waals surface area contributed by atoms with Crippen molar-refractivity contribution in [2.45, 2.75) is 24.8 Å². The SMILES string of the molecule is Cc1ccc(SCCn2cc(CC(=O)O)nn2)cc1. The van der Waals surface area contributed by atoms with E-state index in [2.05, 4.69) is 41.5 Å². The first-order valence-electron chi connectivity index (χ1n) is 5.94. The van der Waals surface area contributed by atoms with E-state index in [1.165, 1.54) is 10.5 Å². The van der Waals surface area contributed by atoms with Gasteiger partial charge in [-0.1, -0.05) is 22.9 Å². The third kappa shape index (κ3) is 4.40. The highest BCUT2D eigenvalue weighted by molar-refractivity contribution is 7.99. The predicted molar refractivity (Wildman–Crippen MR) is 73.3 cm³/mol. The first-order chi connectivity index (χ1) is 9.13. The lowest BCUT2D eigenvalue weighted by molar-refractivity contribution is -0.136. The number of nitrogens with zero attached hydrogens (tertiary/aromatic N) is 3. The van der Waals surface area contributed by atoms with Gasteiger partial charge in [0.25, 0.3) is 0 Å². The van der Waals surface area contributed by atoms with Crippen molar-refractivity contribution in [3.63, 3.8) is 0 Å². The number of aliphatic carboxylic acids is 1. The second-order valence-corrected chi connectivity index (χ2v) is 5.37. The van der Waals surface area contributed by atoms with Crippen LogP contribution in [-0.4, -0.2) is 31.8 Å². The van der Waals surface area contributed by atoms with Gasteiger partial charge in [0.1, 0.15) is 0 Å². The molecule has 0 unspecified atom stereocenters. The Hall–Kier alpha value is -1.82. The van der Waals surface area contributed by atoms with Crippen LogP contribution >= 0.6 is 11.8 Å². The highest BCUT2D eigenvalue weighted by Crippen LogP contribution is 2.18. The largest absolute Gasteiger partial charge is 0.481 e. The molecule has 6 heteroatoms. The number of aryl methyl sites for hydroxylation is 2. The maximum atomic E-state index is 10.5. The summed E-state index contributed by atoms with van der Waals surface area (Å²) in [5.74, 6) is -0.0139. The van der Waals surface area contributed by atoms with Gasteiger partial charge in [-0.2, -0.15) is 0 Å². The van der Waals surface area contributed by atoms with Crippen LogP contribution in [0.4, 0.5) is 0 Å². The molecule has 0 saturated carbocycles. The van der Waals surface area contributed by atoms with Gasteiger partial charge in [-0.25, -0.2) is 0 Å². The fourth-order valence-electron chi connectivity index (χ4n) is 1.58. The molecule has 0 bridgehead atoms. The normalized spacial score (nSPS) is 10.6. The molecule has 0 aliphatic carbocycles. The standard InChI is InChI=1S/C13H15N3O2S/c1-10-2-4-12(5-3-10)19-7-6-16-9-11(14-15-16)8-13(17)18/h2-5,9H,6-8H2,1H3,(H,17,18). The molecule has 1 heterocycles. The van der Waals surface area contributed by atoms with Crippen LogP contribution in [0.3, 0.4) is 0 Å². The van der Waals surface area contributed by atoms with Gasteiger partial charge in [0.2, 0.25) is 0 Å². The van der Waals surface area contributed by atoms with Crippen LogP contribution in [0.5, 0.6) is 0 Å². The van der Waals surface area contributed by atoms with Gasteiger partial charge < -0.3 is 5.11 Å². The van der Waals surface area contributed by atoms with Crippen molar-refractivity contribution in [2.24, 2.45) is 0 Å². The Bertz CT molecular complexity index is 551. The maximum Gasteiger partial charge on any atom is 0.309 e. The molecule has 0 radical (unpaired) electrons. The third-order valence-electron chi connectivity index (χ3n) is 2.53. The van der Waals surface area contributed by atoms with E-state index in [1.54, 1.807) is 22.6 Å². The average molecular weight is 277 g/mol. The molecule has 5 nitrogen and oxygen atoms in total. The van der Waals surface area contributed by atoms with Crippen LogP contribution in [0.15, 0.2) is 35.4 Å². The summed E-state index contributed by atoms with van der Waals surface area (Å²) in [4.78, 5) is 11.7. The first-order valence-corrected chi connectivity index (χ1v) is 6.92. The van der Waals surface area contributed by atoms with E-state index in [1.807, 2.05) is 0 Å². The monoisotopic (exact) mass is 277 g/mol. The Labute approximate surface area is 115 Å². The Morgan fingerprint density at radius 1 is 1.37 bits per heavy atom. The van der Waals surface area contributed by atoms with Crippen LogP contribution in [0.1, 0.15) is 11.3 Å². The molecule has 2 rings (SSSR count). The zero-order valence-electron chi connectivity index (χ0n) is 10.6. The molecular formula is C13H15N3O2S. The smallest absolute Gasteiger partial charge is 0.309 e. The summed E-state index contributed by atoms with van der Waals surface area (Å²) in [7, 11) is 0. The first kappa shape index (κ1) is 13.6. The van der Waals surface area contributed by atoms with Crippen LogP contribution in [0, 0.1) is 6.92 Å². The molecule has 19 heavy (non-hydrogen) atoms. The van der Waals surface area contributed by atoms with Crippen molar-refractivity contribution in [3.8, 4) is 0 Å². The van der Waals surface area contributed by atoms with Gasteiger partial charge in [0.15, 0.2) is 0 Å². The van der Waals surface area contributed by atoms with Gasteiger partial charge in [-0.15, -0.1) is 16.9 Å². The Morgan fingerprint density at radius 3 is 2.79 bits per heavy atom. The highest BCUT2D eigenvalue weighted by Gasteiger charge is 2.05. The Kier molecular flexibility index (Phi) is 4.57. The van der Waals surface area contributed by atoms with E-state index < -0.39 is 5.97 Å². The summed E-state index contributed by atoms with van der Waals surface area (Å²) in [6, 6.07) is 8.36. The highest BCUT2D eigenvalue weighted by atomic mass is 32.2. The number of benzene rings is 1. The minimum Gasteiger partial charge on any atom is -0.481 e. The van der Waals surface area contributed by atoms with E-state index in [0.717, 1.165) is 5.75 Å². The number of rotatable bonds is 6. The second-order valence-electron chi connectivity index (χ2n) is 4.20. The number of hydrogen-bond acceptors (Lipinski definition) is 4. The minimum absolute atomic E-state index is 0.0783. The molecule has 0 saturated heterocycles. The lowest BCUT2D eigenvalue weighted by atomic mass is 10.2. The van der Waals surface area contributed by atoms with E-state index in [9.17, 15) is 4.79 Å². The summed E-state index contributed by atoms with van der Waals surface area (Å²) in [5.41, 5.74) is 1.74. The molecule has 0 amide bonds. The minimum atomic E-state index is -0.888. The summed E-state index contributed by atoms with van der Waals surface area (Å²) in [6.07, 6.45) is 1.61. The van der Waals surface area contributed by atoms with Crippen LogP contribution < -0.4 is 0 Å². The molecule has 0 fully saturated rings. The molecule has 1 aromatic carbocycles. The van der Waals surface area contributed by atoms with Crippen LogP contribution in [-0.2, 0) is 17.8 Å². The molecule has 0 spiro atoms. The molecule has 1 N–H and O–H groups in total. The summed E-state index contributed by atoms with van der Waals surface area (Å²) < 4.78 is 1.68. The van der Waals surface area contributed by atoms with Crippen molar-refractivity contribution >= 4 is 17.7 Å². The molecule has 0 atom stereocenters. The maximum absolute atomic E-state index is 10.5. The molecule has 1 aromatic heterocycles. The van der Waals surface area contributed by atoms with Gasteiger partial charge in [-0.3, -0.25) is 9.48 Å². The van der Waals surface area contributed by atoms with E-state index in [4.69, 9.17) is 5.11 Å². The number of carboxylic acid groups (broad SMARTS) is 1. The van der Waals surface area contributed by atoms with Gasteiger partial charge in [-0.05, 0) is 19.1 Å². The summed E-state index contributed by atoms with van der Waals surface area (Å²) in [5, 5.41) is 16.4. The lowest BCUT2D eigenvalue weighted by Crippen LogP contribution is -2.01. The number of thioether (sulfide) groups is 1. The van der Waals surface area contributed by atoms with Crippen LogP contribution in [0.2, 0.25) is 0 Å². The van der Waals surface area contributed by atoms with E-state index in [-0.39, 0.29) is 6.42 Å².